The number of carbonyl (C=O) groups is 1. The lowest BCUT2D eigenvalue weighted by molar-refractivity contribution is -0.115. The molecular weight excluding hydrogens is 302 g/mol. The van der Waals surface area contributed by atoms with Crippen LogP contribution in [0, 0.1) is 13.8 Å². The lowest BCUT2D eigenvalue weighted by Gasteiger charge is -2.06. The molecule has 1 amide bonds. The molecule has 0 saturated heterocycles. The summed E-state index contributed by atoms with van der Waals surface area (Å²) in [5, 5.41) is 6.48. The van der Waals surface area contributed by atoms with Crippen molar-refractivity contribution < 1.29 is 13.7 Å². The maximum Gasteiger partial charge on any atom is 0.257 e. The number of hydrogen-bond acceptors (Lipinski definition) is 6. The number of anilines is 1. The number of hydrogen-bond donors (Lipinski definition) is 1. The van der Waals surface area contributed by atoms with Crippen LogP contribution in [0.5, 0.6) is 0 Å². The number of benzene rings is 1. The molecule has 0 aliphatic heterocycles. The van der Waals surface area contributed by atoms with Gasteiger partial charge in [-0.25, -0.2) is 4.98 Å². The number of oxazole rings is 1. The first-order valence-electron chi connectivity index (χ1n) is 6.79. The largest absolute Gasteiger partial charge is 0.431 e. The minimum absolute atomic E-state index is 0.195. The molecule has 7 heteroatoms. The average molecular weight is 317 g/mol. The van der Waals surface area contributed by atoms with Crippen molar-refractivity contribution >= 4 is 34.7 Å². The van der Waals surface area contributed by atoms with Gasteiger partial charge in [-0.1, -0.05) is 23.0 Å². The normalized spacial score (nSPS) is 12.5. The number of thioether (sulfide) groups is 1. The van der Waals surface area contributed by atoms with E-state index >= 15 is 0 Å². The van der Waals surface area contributed by atoms with Crippen LogP contribution in [-0.4, -0.2) is 21.3 Å². The van der Waals surface area contributed by atoms with Gasteiger partial charge in [0.1, 0.15) is 5.52 Å². The van der Waals surface area contributed by atoms with Gasteiger partial charge in [-0.05, 0) is 38.5 Å². The highest BCUT2D eigenvalue weighted by atomic mass is 32.2. The minimum atomic E-state index is -0.375. The van der Waals surface area contributed by atoms with Crippen LogP contribution in [0.1, 0.15) is 18.2 Å². The summed E-state index contributed by atoms with van der Waals surface area (Å²) in [5.41, 5.74) is 3.33. The fourth-order valence-corrected chi connectivity index (χ4v) is 2.67. The molecule has 1 atom stereocenters. The Morgan fingerprint density at radius 2 is 2.14 bits per heavy atom. The van der Waals surface area contributed by atoms with E-state index in [9.17, 15) is 4.79 Å². The SMILES string of the molecule is Cc1ccc2oc(S[C@@H](C)C(=O)Nc3cc(C)no3)nc2c1. The standard InChI is InChI=1S/C15H15N3O3S/c1-8-4-5-12-11(6-8)16-15(20-12)22-10(3)14(19)17-13-7-9(2)18-21-13/h4-7,10H,1-3H3,(H,17,19)/t10-/m0/s1. The van der Waals surface area contributed by atoms with Crippen molar-refractivity contribution in [3.05, 3.63) is 35.5 Å². The van der Waals surface area contributed by atoms with Gasteiger partial charge in [0, 0.05) is 6.07 Å². The number of aryl methyl sites for hydroxylation is 2. The summed E-state index contributed by atoms with van der Waals surface area (Å²) in [4.78, 5) is 16.5. The van der Waals surface area contributed by atoms with Crippen molar-refractivity contribution in [2.75, 3.05) is 5.32 Å². The lowest BCUT2D eigenvalue weighted by Crippen LogP contribution is -2.22. The first-order chi connectivity index (χ1) is 10.5. The molecule has 22 heavy (non-hydrogen) atoms. The van der Waals surface area contributed by atoms with E-state index in [-0.39, 0.29) is 11.2 Å². The molecule has 0 aliphatic rings. The molecule has 6 nitrogen and oxygen atoms in total. The zero-order valence-corrected chi connectivity index (χ0v) is 13.2. The van der Waals surface area contributed by atoms with Crippen molar-refractivity contribution in [2.45, 2.75) is 31.2 Å². The van der Waals surface area contributed by atoms with Gasteiger partial charge in [-0.2, -0.15) is 0 Å². The highest BCUT2D eigenvalue weighted by Crippen LogP contribution is 2.27. The molecule has 0 saturated carbocycles. The van der Waals surface area contributed by atoms with E-state index < -0.39 is 0 Å². The fraction of sp³-hybridized carbons (Fsp3) is 0.267. The molecule has 0 bridgehead atoms. The van der Waals surface area contributed by atoms with Gasteiger partial charge in [0.25, 0.3) is 5.22 Å². The van der Waals surface area contributed by atoms with Crippen LogP contribution in [0.4, 0.5) is 5.88 Å². The van der Waals surface area contributed by atoms with Crippen LogP contribution < -0.4 is 5.32 Å². The fourth-order valence-electron chi connectivity index (χ4n) is 1.92. The molecule has 0 spiro atoms. The summed E-state index contributed by atoms with van der Waals surface area (Å²) in [5.74, 6) is 0.141. The Morgan fingerprint density at radius 1 is 1.32 bits per heavy atom. The van der Waals surface area contributed by atoms with Gasteiger partial charge in [0.2, 0.25) is 11.8 Å². The Labute approximate surface area is 131 Å². The van der Waals surface area contributed by atoms with E-state index in [0.717, 1.165) is 11.1 Å². The highest BCUT2D eigenvalue weighted by Gasteiger charge is 2.19. The molecule has 0 fully saturated rings. The molecule has 1 N–H and O–H groups in total. The third kappa shape index (κ3) is 3.14. The third-order valence-electron chi connectivity index (χ3n) is 3.04. The Hall–Kier alpha value is -2.28. The van der Waals surface area contributed by atoms with Gasteiger partial charge < -0.3 is 8.94 Å². The van der Waals surface area contributed by atoms with E-state index in [4.69, 9.17) is 8.94 Å². The van der Waals surface area contributed by atoms with Gasteiger partial charge in [-0.15, -0.1) is 0 Å². The molecule has 0 unspecified atom stereocenters. The van der Waals surface area contributed by atoms with Gasteiger partial charge in [-0.3, -0.25) is 10.1 Å². The first kappa shape index (κ1) is 14.6. The lowest BCUT2D eigenvalue weighted by atomic mass is 10.2. The van der Waals surface area contributed by atoms with Crippen molar-refractivity contribution in [1.29, 1.82) is 0 Å². The molecule has 3 rings (SSSR count). The molecule has 2 aromatic heterocycles. The number of fused-ring (bicyclic) bond motifs is 1. The monoisotopic (exact) mass is 317 g/mol. The highest BCUT2D eigenvalue weighted by molar-refractivity contribution is 8.00. The number of aromatic nitrogens is 2. The number of nitrogens with one attached hydrogen (secondary N) is 1. The average Bonchev–Trinajstić information content (AvgIpc) is 3.04. The summed E-state index contributed by atoms with van der Waals surface area (Å²) >= 11 is 1.26. The Balaban J connectivity index is 1.69. The van der Waals surface area contributed by atoms with E-state index in [0.29, 0.717) is 22.4 Å². The predicted octanol–water partition coefficient (Wildman–Crippen LogP) is 3.55. The van der Waals surface area contributed by atoms with Crippen molar-refractivity contribution in [3.8, 4) is 0 Å². The van der Waals surface area contributed by atoms with Gasteiger partial charge >= 0.3 is 0 Å². The van der Waals surface area contributed by atoms with Crippen LogP contribution >= 0.6 is 11.8 Å². The Morgan fingerprint density at radius 3 is 2.86 bits per heavy atom. The number of amides is 1. The maximum atomic E-state index is 12.1. The molecule has 0 radical (unpaired) electrons. The molecule has 114 valence electrons. The predicted molar refractivity (Wildman–Crippen MR) is 83.9 cm³/mol. The van der Waals surface area contributed by atoms with E-state index in [2.05, 4.69) is 15.5 Å². The van der Waals surface area contributed by atoms with Crippen molar-refractivity contribution in [2.24, 2.45) is 0 Å². The van der Waals surface area contributed by atoms with E-state index in [1.54, 1.807) is 19.9 Å². The third-order valence-corrected chi connectivity index (χ3v) is 3.99. The van der Waals surface area contributed by atoms with E-state index in [1.165, 1.54) is 11.8 Å². The quantitative estimate of drug-likeness (QED) is 0.741. The van der Waals surface area contributed by atoms with Gasteiger partial charge in [0.05, 0.1) is 10.9 Å². The zero-order valence-electron chi connectivity index (χ0n) is 12.4. The van der Waals surface area contributed by atoms with Gasteiger partial charge in [0.15, 0.2) is 5.58 Å². The molecule has 2 heterocycles. The summed E-state index contributed by atoms with van der Waals surface area (Å²) in [6, 6.07) is 7.45. The Bertz CT molecular complexity index is 824. The number of rotatable bonds is 4. The summed E-state index contributed by atoms with van der Waals surface area (Å²) in [6.45, 7) is 5.57. The smallest absolute Gasteiger partial charge is 0.257 e. The zero-order chi connectivity index (χ0) is 15.7. The molecule has 0 aliphatic carbocycles. The summed E-state index contributed by atoms with van der Waals surface area (Å²) < 4.78 is 10.6. The van der Waals surface area contributed by atoms with Crippen LogP contribution in [0.2, 0.25) is 0 Å². The van der Waals surface area contributed by atoms with E-state index in [1.807, 2.05) is 25.1 Å². The second-order valence-electron chi connectivity index (χ2n) is 5.03. The van der Waals surface area contributed by atoms with Crippen LogP contribution in [0.15, 0.2) is 38.4 Å². The molecule has 3 aromatic rings. The summed E-state index contributed by atoms with van der Waals surface area (Å²) in [6.07, 6.45) is 0. The summed E-state index contributed by atoms with van der Waals surface area (Å²) in [7, 11) is 0. The molecular formula is C15H15N3O3S. The number of carbonyl (C=O) groups excluding carboxylic acids is 1. The maximum absolute atomic E-state index is 12.1. The van der Waals surface area contributed by atoms with Crippen LogP contribution in [-0.2, 0) is 4.79 Å². The van der Waals surface area contributed by atoms with Crippen molar-refractivity contribution in [3.63, 3.8) is 0 Å². The Kier molecular flexibility index (Phi) is 3.89. The minimum Gasteiger partial charge on any atom is -0.431 e. The second-order valence-corrected chi connectivity index (χ2v) is 6.32. The van der Waals surface area contributed by atoms with Crippen LogP contribution in [0.25, 0.3) is 11.1 Å². The number of nitrogens with zero attached hydrogens (tertiary/aromatic N) is 2. The van der Waals surface area contributed by atoms with Crippen LogP contribution in [0.3, 0.4) is 0 Å². The topological polar surface area (TPSA) is 81.2 Å². The first-order valence-corrected chi connectivity index (χ1v) is 7.67. The van der Waals surface area contributed by atoms with Crippen molar-refractivity contribution in [1.82, 2.24) is 10.1 Å². The molecule has 1 aromatic carbocycles. The second kappa shape index (κ2) is 5.84.